The molecule has 0 aliphatic carbocycles. The Morgan fingerprint density at radius 3 is 2.83 bits per heavy atom. The summed E-state index contributed by atoms with van der Waals surface area (Å²) in [5.74, 6) is 0.0229. The van der Waals surface area contributed by atoms with Gasteiger partial charge in [-0.3, -0.25) is 4.79 Å². The van der Waals surface area contributed by atoms with E-state index in [1.54, 1.807) is 19.1 Å². The average Bonchev–Trinajstić information content (AvgIpc) is 2.41. The van der Waals surface area contributed by atoms with Crippen LogP contribution in [-0.2, 0) is 11.3 Å². The first-order valence-electron chi connectivity index (χ1n) is 6.40. The Labute approximate surface area is 107 Å². The van der Waals surface area contributed by atoms with Gasteiger partial charge in [-0.05, 0) is 50.0 Å². The van der Waals surface area contributed by atoms with E-state index in [2.05, 4.69) is 10.6 Å². The summed E-state index contributed by atoms with van der Waals surface area (Å²) in [5, 5.41) is 6.16. The lowest BCUT2D eigenvalue weighted by molar-refractivity contribution is -0.125. The first-order valence-corrected chi connectivity index (χ1v) is 6.40. The molecule has 1 aliphatic heterocycles. The van der Waals surface area contributed by atoms with Gasteiger partial charge in [-0.2, -0.15) is 0 Å². The Morgan fingerprint density at radius 1 is 1.44 bits per heavy atom. The number of aryl methyl sites for hydroxylation is 1. The molecule has 18 heavy (non-hydrogen) atoms. The standard InChI is InChI=1S/C14H19FN2O/c1-10-8-11(2-3-13(10)15)9-17-14(18)12-4-6-16-7-5-12/h2-3,8,12,16H,4-7,9H2,1H3,(H,17,18). The van der Waals surface area contributed by atoms with E-state index in [0.29, 0.717) is 12.1 Å². The minimum absolute atomic E-state index is 0.110. The summed E-state index contributed by atoms with van der Waals surface area (Å²) in [7, 11) is 0. The zero-order valence-electron chi connectivity index (χ0n) is 10.6. The maximum Gasteiger partial charge on any atom is 0.223 e. The molecule has 1 heterocycles. The Bertz CT molecular complexity index is 428. The first-order chi connectivity index (χ1) is 8.66. The largest absolute Gasteiger partial charge is 0.352 e. The summed E-state index contributed by atoms with van der Waals surface area (Å²) in [6, 6.07) is 4.93. The SMILES string of the molecule is Cc1cc(CNC(=O)C2CCNCC2)ccc1F. The van der Waals surface area contributed by atoms with Gasteiger partial charge in [-0.15, -0.1) is 0 Å². The highest BCUT2D eigenvalue weighted by Gasteiger charge is 2.20. The number of hydrogen-bond acceptors (Lipinski definition) is 2. The van der Waals surface area contributed by atoms with Gasteiger partial charge in [-0.1, -0.05) is 12.1 Å². The molecule has 1 aromatic carbocycles. The number of hydrogen-bond donors (Lipinski definition) is 2. The van der Waals surface area contributed by atoms with Crippen LogP contribution in [0.1, 0.15) is 24.0 Å². The summed E-state index contributed by atoms with van der Waals surface area (Å²) < 4.78 is 13.1. The van der Waals surface area contributed by atoms with E-state index >= 15 is 0 Å². The lowest BCUT2D eigenvalue weighted by atomic mass is 9.97. The molecule has 98 valence electrons. The molecule has 0 unspecified atom stereocenters. The Kier molecular flexibility index (Phi) is 4.31. The summed E-state index contributed by atoms with van der Waals surface area (Å²) in [4.78, 5) is 11.9. The zero-order chi connectivity index (χ0) is 13.0. The van der Waals surface area contributed by atoms with Crippen molar-refractivity contribution in [2.24, 2.45) is 5.92 Å². The molecule has 0 atom stereocenters. The van der Waals surface area contributed by atoms with E-state index in [-0.39, 0.29) is 17.6 Å². The fraction of sp³-hybridized carbons (Fsp3) is 0.500. The van der Waals surface area contributed by atoms with Crippen LogP contribution < -0.4 is 10.6 Å². The van der Waals surface area contributed by atoms with Gasteiger partial charge in [0.2, 0.25) is 5.91 Å². The van der Waals surface area contributed by atoms with E-state index in [4.69, 9.17) is 0 Å². The number of nitrogens with one attached hydrogen (secondary N) is 2. The van der Waals surface area contributed by atoms with Crippen LogP contribution in [0, 0.1) is 18.7 Å². The van der Waals surface area contributed by atoms with Gasteiger partial charge in [-0.25, -0.2) is 4.39 Å². The van der Waals surface area contributed by atoms with E-state index in [1.807, 2.05) is 0 Å². The molecule has 1 aromatic rings. The monoisotopic (exact) mass is 250 g/mol. The molecule has 2 rings (SSSR count). The number of rotatable bonds is 3. The van der Waals surface area contributed by atoms with Crippen molar-refractivity contribution in [2.75, 3.05) is 13.1 Å². The van der Waals surface area contributed by atoms with Crippen LogP contribution in [0.5, 0.6) is 0 Å². The fourth-order valence-electron chi connectivity index (χ4n) is 2.23. The second-order valence-corrected chi connectivity index (χ2v) is 4.83. The second-order valence-electron chi connectivity index (χ2n) is 4.83. The molecule has 1 saturated heterocycles. The fourth-order valence-corrected chi connectivity index (χ4v) is 2.23. The van der Waals surface area contributed by atoms with E-state index < -0.39 is 0 Å². The van der Waals surface area contributed by atoms with Crippen molar-refractivity contribution in [3.05, 3.63) is 35.1 Å². The van der Waals surface area contributed by atoms with Gasteiger partial charge in [0.1, 0.15) is 5.82 Å². The third kappa shape index (κ3) is 3.29. The first kappa shape index (κ1) is 13.0. The molecule has 1 fully saturated rings. The summed E-state index contributed by atoms with van der Waals surface area (Å²) in [6.07, 6.45) is 1.79. The minimum Gasteiger partial charge on any atom is -0.352 e. The highest BCUT2D eigenvalue weighted by Crippen LogP contribution is 2.13. The van der Waals surface area contributed by atoms with Crippen molar-refractivity contribution >= 4 is 5.91 Å². The van der Waals surface area contributed by atoms with E-state index in [1.165, 1.54) is 6.07 Å². The number of amides is 1. The third-order valence-electron chi connectivity index (χ3n) is 3.40. The zero-order valence-corrected chi connectivity index (χ0v) is 10.6. The van der Waals surface area contributed by atoms with Crippen LogP contribution in [0.3, 0.4) is 0 Å². The number of benzene rings is 1. The molecule has 4 heteroatoms. The topological polar surface area (TPSA) is 41.1 Å². The number of halogens is 1. The Hall–Kier alpha value is -1.42. The molecule has 1 amide bonds. The number of carbonyl (C=O) groups excluding carboxylic acids is 1. The molecule has 0 saturated carbocycles. The smallest absolute Gasteiger partial charge is 0.223 e. The van der Waals surface area contributed by atoms with Crippen molar-refractivity contribution < 1.29 is 9.18 Å². The van der Waals surface area contributed by atoms with Crippen LogP contribution in [0.2, 0.25) is 0 Å². The summed E-state index contributed by atoms with van der Waals surface area (Å²) in [6.45, 7) is 4.03. The van der Waals surface area contributed by atoms with Gasteiger partial charge in [0.05, 0.1) is 0 Å². The lowest BCUT2D eigenvalue weighted by Crippen LogP contribution is -2.37. The Balaban J connectivity index is 1.86. The predicted octanol–water partition coefficient (Wildman–Crippen LogP) is 1.75. The quantitative estimate of drug-likeness (QED) is 0.858. The molecule has 2 N–H and O–H groups in total. The van der Waals surface area contributed by atoms with Gasteiger partial charge >= 0.3 is 0 Å². The molecular weight excluding hydrogens is 231 g/mol. The average molecular weight is 250 g/mol. The molecule has 3 nitrogen and oxygen atoms in total. The maximum absolute atomic E-state index is 13.1. The van der Waals surface area contributed by atoms with E-state index in [9.17, 15) is 9.18 Å². The second kappa shape index (κ2) is 5.96. The van der Waals surface area contributed by atoms with Crippen LogP contribution in [0.25, 0.3) is 0 Å². The molecule has 0 bridgehead atoms. The highest BCUT2D eigenvalue weighted by molar-refractivity contribution is 5.78. The van der Waals surface area contributed by atoms with Crippen molar-refractivity contribution in [2.45, 2.75) is 26.3 Å². The third-order valence-corrected chi connectivity index (χ3v) is 3.40. The molecule has 0 aromatic heterocycles. The van der Waals surface area contributed by atoms with Crippen LogP contribution in [0.15, 0.2) is 18.2 Å². The van der Waals surface area contributed by atoms with Gasteiger partial charge in [0.15, 0.2) is 0 Å². The predicted molar refractivity (Wildman–Crippen MR) is 68.6 cm³/mol. The van der Waals surface area contributed by atoms with Gasteiger partial charge < -0.3 is 10.6 Å². The van der Waals surface area contributed by atoms with Crippen LogP contribution in [0.4, 0.5) is 4.39 Å². The van der Waals surface area contributed by atoms with Crippen molar-refractivity contribution in [3.63, 3.8) is 0 Å². The summed E-state index contributed by atoms with van der Waals surface area (Å²) in [5.41, 5.74) is 1.56. The van der Waals surface area contributed by atoms with Crippen molar-refractivity contribution in [1.82, 2.24) is 10.6 Å². The van der Waals surface area contributed by atoms with Crippen molar-refractivity contribution in [3.8, 4) is 0 Å². The van der Waals surface area contributed by atoms with E-state index in [0.717, 1.165) is 31.5 Å². The van der Waals surface area contributed by atoms with Crippen molar-refractivity contribution in [1.29, 1.82) is 0 Å². The lowest BCUT2D eigenvalue weighted by Gasteiger charge is -2.21. The van der Waals surface area contributed by atoms with Crippen LogP contribution in [-0.4, -0.2) is 19.0 Å². The Morgan fingerprint density at radius 2 is 2.17 bits per heavy atom. The van der Waals surface area contributed by atoms with Gasteiger partial charge in [0, 0.05) is 12.5 Å². The number of carbonyl (C=O) groups is 1. The minimum atomic E-state index is -0.205. The molecule has 1 aliphatic rings. The molecule has 0 radical (unpaired) electrons. The molecular formula is C14H19FN2O. The number of piperidine rings is 1. The maximum atomic E-state index is 13.1. The molecule has 0 spiro atoms. The highest BCUT2D eigenvalue weighted by atomic mass is 19.1. The van der Waals surface area contributed by atoms with Gasteiger partial charge in [0.25, 0.3) is 0 Å². The summed E-state index contributed by atoms with van der Waals surface area (Å²) >= 11 is 0. The normalized spacial score (nSPS) is 16.6. The van der Waals surface area contributed by atoms with Crippen LogP contribution >= 0.6 is 0 Å².